The van der Waals surface area contributed by atoms with Gasteiger partial charge in [0.1, 0.15) is 4.21 Å². The molecule has 1 unspecified atom stereocenters. The van der Waals surface area contributed by atoms with Crippen molar-refractivity contribution in [1.82, 2.24) is 4.72 Å². The van der Waals surface area contributed by atoms with E-state index in [0.29, 0.717) is 17.1 Å². The molecule has 1 atom stereocenters. The number of aliphatic hydroxyl groups is 1. The van der Waals surface area contributed by atoms with E-state index in [2.05, 4.69) is 4.72 Å². The molecule has 23 heavy (non-hydrogen) atoms. The van der Waals surface area contributed by atoms with E-state index in [1.807, 2.05) is 6.92 Å². The lowest BCUT2D eigenvalue weighted by molar-refractivity contribution is 0.166. The second kappa shape index (κ2) is 6.48. The average molecular weight is 355 g/mol. The molecule has 2 N–H and O–H groups in total. The lowest BCUT2D eigenvalue weighted by atomic mass is 10.1. The summed E-state index contributed by atoms with van der Waals surface area (Å²) in [5.41, 5.74) is 0.667. The van der Waals surface area contributed by atoms with Crippen LogP contribution < -0.4 is 14.2 Å². The first kappa shape index (κ1) is 16.3. The molecule has 3 rings (SSSR count). The zero-order valence-electron chi connectivity index (χ0n) is 12.5. The number of hydrogen-bond donors (Lipinski definition) is 2. The molecule has 0 aliphatic carbocycles. The van der Waals surface area contributed by atoms with Crippen molar-refractivity contribution in [3.05, 3.63) is 40.8 Å². The molecule has 1 aromatic heterocycles. The Bertz CT molecular complexity index is 800. The van der Waals surface area contributed by atoms with Gasteiger partial charge >= 0.3 is 0 Å². The monoisotopic (exact) mass is 355 g/mol. The van der Waals surface area contributed by atoms with E-state index >= 15 is 0 Å². The number of aryl methyl sites for hydroxylation is 1. The molecule has 0 spiro atoms. The highest BCUT2D eigenvalue weighted by atomic mass is 32.2. The highest BCUT2D eigenvalue weighted by Crippen LogP contribution is 2.34. The summed E-state index contributed by atoms with van der Waals surface area (Å²) in [6.45, 7) is 2.18. The summed E-state index contributed by atoms with van der Waals surface area (Å²) in [5.74, 6) is 1.24. The van der Waals surface area contributed by atoms with Gasteiger partial charge in [-0.2, -0.15) is 0 Å². The van der Waals surface area contributed by atoms with Crippen LogP contribution in [0.3, 0.4) is 0 Å². The standard InChI is InChI=1S/C15H17NO5S2/c1-10-2-5-15(22-10)23(18,19)16-7-6-12(17)11-3-4-13-14(8-11)21-9-20-13/h2-5,8,12,16-17H,6-7,9H2,1H3. The molecular weight excluding hydrogens is 338 g/mol. The van der Waals surface area contributed by atoms with Crippen LogP contribution >= 0.6 is 11.3 Å². The van der Waals surface area contributed by atoms with Gasteiger partial charge in [-0.25, -0.2) is 13.1 Å². The predicted octanol–water partition coefficient (Wildman–Crippen LogP) is 2.19. The van der Waals surface area contributed by atoms with Gasteiger partial charge in [-0.1, -0.05) is 6.07 Å². The molecule has 124 valence electrons. The zero-order chi connectivity index (χ0) is 16.4. The highest BCUT2D eigenvalue weighted by molar-refractivity contribution is 7.91. The summed E-state index contributed by atoms with van der Waals surface area (Å²) in [5, 5.41) is 10.2. The third-order valence-corrected chi connectivity index (χ3v) is 6.43. The Morgan fingerprint density at radius 1 is 1.26 bits per heavy atom. The van der Waals surface area contributed by atoms with Gasteiger partial charge in [0.05, 0.1) is 6.10 Å². The van der Waals surface area contributed by atoms with Gasteiger partial charge in [0.2, 0.25) is 16.8 Å². The number of nitrogens with one attached hydrogen (secondary N) is 1. The van der Waals surface area contributed by atoms with Crippen LogP contribution in [0.2, 0.25) is 0 Å². The first-order valence-corrected chi connectivity index (χ1v) is 9.39. The molecule has 6 nitrogen and oxygen atoms in total. The molecule has 0 saturated heterocycles. The summed E-state index contributed by atoms with van der Waals surface area (Å²) >= 11 is 1.22. The average Bonchev–Trinajstić information content (AvgIpc) is 3.14. The van der Waals surface area contributed by atoms with Crippen molar-refractivity contribution < 1.29 is 23.0 Å². The fourth-order valence-electron chi connectivity index (χ4n) is 2.24. The summed E-state index contributed by atoms with van der Waals surface area (Å²) in [4.78, 5) is 0.936. The molecule has 0 saturated carbocycles. The van der Waals surface area contributed by atoms with E-state index in [9.17, 15) is 13.5 Å². The van der Waals surface area contributed by atoms with Crippen molar-refractivity contribution in [1.29, 1.82) is 0 Å². The van der Waals surface area contributed by atoms with Crippen molar-refractivity contribution in [2.75, 3.05) is 13.3 Å². The summed E-state index contributed by atoms with van der Waals surface area (Å²) in [6.07, 6.45) is -0.513. The molecular formula is C15H17NO5S2. The van der Waals surface area contributed by atoms with Crippen LogP contribution in [0.25, 0.3) is 0 Å². The fourth-order valence-corrected chi connectivity index (χ4v) is 4.62. The molecule has 1 aliphatic heterocycles. The Hall–Kier alpha value is -1.61. The second-order valence-corrected chi connectivity index (χ2v) is 8.46. The number of aliphatic hydroxyl groups excluding tert-OH is 1. The summed E-state index contributed by atoms with van der Waals surface area (Å²) in [7, 11) is -3.51. The smallest absolute Gasteiger partial charge is 0.250 e. The van der Waals surface area contributed by atoms with Crippen molar-refractivity contribution in [3.63, 3.8) is 0 Å². The van der Waals surface area contributed by atoms with Gasteiger partial charge < -0.3 is 14.6 Å². The second-order valence-electron chi connectivity index (χ2n) is 5.18. The van der Waals surface area contributed by atoms with E-state index in [4.69, 9.17) is 9.47 Å². The molecule has 8 heteroatoms. The molecule has 0 bridgehead atoms. The van der Waals surface area contributed by atoms with E-state index < -0.39 is 16.1 Å². The van der Waals surface area contributed by atoms with Crippen molar-refractivity contribution in [2.24, 2.45) is 0 Å². The minimum atomic E-state index is -3.51. The van der Waals surface area contributed by atoms with E-state index in [1.54, 1.807) is 30.3 Å². The predicted molar refractivity (Wildman–Crippen MR) is 86.4 cm³/mol. The maximum Gasteiger partial charge on any atom is 0.250 e. The number of hydrogen-bond acceptors (Lipinski definition) is 6. The molecule has 1 aromatic carbocycles. The maximum absolute atomic E-state index is 12.1. The third-order valence-electron chi connectivity index (χ3n) is 3.47. The molecule has 1 aliphatic rings. The molecule has 0 amide bonds. The lowest BCUT2D eigenvalue weighted by Gasteiger charge is -2.12. The van der Waals surface area contributed by atoms with Crippen molar-refractivity contribution in [3.8, 4) is 11.5 Å². The van der Waals surface area contributed by atoms with Crippen LogP contribution in [-0.2, 0) is 10.0 Å². The zero-order valence-corrected chi connectivity index (χ0v) is 14.1. The van der Waals surface area contributed by atoms with Crippen molar-refractivity contribution >= 4 is 21.4 Å². The van der Waals surface area contributed by atoms with Gasteiger partial charge in [0, 0.05) is 11.4 Å². The fraction of sp³-hybridized carbons (Fsp3) is 0.333. The summed E-state index contributed by atoms with van der Waals surface area (Å²) < 4.78 is 37.5. The Labute approximate surface area is 138 Å². The Morgan fingerprint density at radius 3 is 2.78 bits per heavy atom. The maximum atomic E-state index is 12.1. The van der Waals surface area contributed by atoms with Crippen LogP contribution in [0.1, 0.15) is 23.0 Å². The van der Waals surface area contributed by atoms with Crippen LogP contribution in [0.5, 0.6) is 11.5 Å². The van der Waals surface area contributed by atoms with Crippen molar-refractivity contribution in [2.45, 2.75) is 23.7 Å². The molecule has 0 radical (unpaired) electrons. The van der Waals surface area contributed by atoms with Gasteiger partial charge in [-0.3, -0.25) is 0 Å². The van der Waals surface area contributed by atoms with E-state index in [0.717, 1.165) is 4.88 Å². The van der Waals surface area contributed by atoms with Crippen LogP contribution in [0, 0.1) is 6.92 Å². The first-order valence-electron chi connectivity index (χ1n) is 7.09. The number of thiophene rings is 1. The van der Waals surface area contributed by atoms with Crippen LogP contribution in [-0.4, -0.2) is 26.9 Å². The number of rotatable bonds is 6. The van der Waals surface area contributed by atoms with Gasteiger partial charge in [-0.05, 0) is 43.2 Å². The quantitative estimate of drug-likeness (QED) is 0.830. The number of benzene rings is 1. The first-order chi connectivity index (χ1) is 11.0. The molecule has 2 aromatic rings. The summed E-state index contributed by atoms with van der Waals surface area (Å²) in [6, 6.07) is 8.54. The largest absolute Gasteiger partial charge is 0.454 e. The number of ether oxygens (including phenoxy) is 2. The van der Waals surface area contributed by atoms with Crippen LogP contribution in [0.4, 0.5) is 0 Å². The van der Waals surface area contributed by atoms with Gasteiger partial charge in [0.15, 0.2) is 11.5 Å². The minimum absolute atomic E-state index is 0.148. The lowest BCUT2D eigenvalue weighted by Crippen LogP contribution is -2.25. The number of sulfonamides is 1. The third kappa shape index (κ3) is 3.66. The Kier molecular flexibility index (Phi) is 4.58. The molecule has 2 heterocycles. The Morgan fingerprint density at radius 2 is 2.04 bits per heavy atom. The minimum Gasteiger partial charge on any atom is -0.454 e. The van der Waals surface area contributed by atoms with E-state index in [1.165, 1.54) is 11.3 Å². The SMILES string of the molecule is Cc1ccc(S(=O)(=O)NCCC(O)c2ccc3c(c2)OCO3)s1. The van der Waals surface area contributed by atoms with Crippen LogP contribution in [0.15, 0.2) is 34.5 Å². The highest BCUT2D eigenvalue weighted by Gasteiger charge is 2.19. The number of fused-ring (bicyclic) bond motifs is 1. The normalized spacial score (nSPS) is 14.9. The van der Waals surface area contributed by atoms with Gasteiger partial charge in [0.25, 0.3) is 0 Å². The van der Waals surface area contributed by atoms with Gasteiger partial charge in [-0.15, -0.1) is 11.3 Å². The van der Waals surface area contributed by atoms with E-state index in [-0.39, 0.29) is 24.0 Å². The molecule has 0 fully saturated rings. The Balaban J connectivity index is 1.58. The topological polar surface area (TPSA) is 84.9 Å².